The number of carbonyl (C=O) groups is 2. The van der Waals surface area contributed by atoms with Crippen LogP contribution in [0.1, 0.15) is 27.4 Å². The summed E-state index contributed by atoms with van der Waals surface area (Å²) in [6.45, 7) is 0.133. The molecule has 0 aromatic heterocycles. The van der Waals surface area contributed by atoms with E-state index in [9.17, 15) is 9.59 Å². The number of para-hydroxylation sites is 1. The molecule has 1 amide bonds. The number of Topliss-reactive ketones (excluding diaryl/α,β-unsaturated/α-hetero) is 1. The summed E-state index contributed by atoms with van der Waals surface area (Å²) >= 11 is 8.22. The van der Waals surface area contributed by atoms with Crippen molar-refractivity contribution in [2.75, 3.05) is 23.7 Å². The zero-order valence-corrected chi connectivity index (χ0v) is 20.1. The van der Waals surface area contributed by atoms with Crippen LogP contribution in [-0.2, 0) is 10.3 Å². The molecule has 0 bridgehead atoms. The molecule has 35 heavy (non-hydrogen) atoms. The lowest BCUT2D eigenvalue weighted by atomic mass is 9.69. The zero-order valence-electron chi connectivity index (χ0n) is 18.6. The van der Waals surface area contributed by atoms with E-state index in [1.54, 1.807) is 30.0 Å². The van der Waals surface area contributed by atoms with Crippen molar-refractivity contribution in [3.63, 3.8) is 0 Å². The number of nitrogens with one attached hydrogen (secondary N) is 1. The van der Waals surface area contributed by atoms with Crippen LogP contribution in [0.2, 0.25) is 5.02 Å². The first-order chi connectivity index (χ1) is 17.1. The third kappa shape index (κ3) is 2.89. The Morgan fingerprint density at radius 1 is 1.06 bits per heavy atom. The maximum atomic E-state index is 14.5. The average Bonchev–Trinajstić information content (AvgIpc) is 3.62. The quantitative estimate of drug-likeness (QED) is 0.512. The van der Waals surface area contributed by atoms with Gasteiger partial charge in [0.1, 0.15) is 5.54 Å². The largest absolute Gasteiger partial charge is 0.454 e. The number of ether oxygens (including phenoxy) is 2. The first-order valence-corrected chi connectivity index (χ1v) is 13.1. The van der Waals surface area contributed by atoms with E-state index in [2.05, 4.69) is 10.2 Å². The highest BCUT2D eigenvalue weighted by molar-refractivity contribution is 7.99. The van der Waals surface area contributed by atoms with Gasteiger partial charge in [-0.25, -0.2) is 0 Å². The van der Waals surface area contributed by atoms with Crippen LogP contribution in [-0.4, -0.2) is 41.1 Å². The van der Waals surface area contributed by atoms with E-state index in [-0.39, 0.29) is 30.4 Å². The van der Waals surface area contributed by atoms with Crippen molar-refractivity contribution in [3.8, 4) is 11.5 Å². The highest BCUT2D eigenvalue weighted by Crippen LogP contribution is 2.61. The minimum absolute atomic E-state index is 0.0123. The molecule has 4 heterocycles. The van der Waals surface area contributed by atoms with Crippen LogP contribution in [0.15, 0.2) is 66.7 Å². The fourth-order valence-corrected chi connectivity index (χ4v) is 7.87. The summed E-state index contributed by atoms with van der Waals surface area (Å²) in [6.07, 6.45) is 0. The van der Waals surface area contributed by atoms with Crippen molar-refractivity contribution >= 4 is 40.7 Å². The molecule has 0 unspecified atom stereocenters. The highest BCUT2D eigenvalue weighted by Gasteiger charge is 2.69. The van der Waals surface area contributed by atoms with Crippen molar-refractivity contribution in [2.45, 2.75) is 17.5 Å². The van der Waals surface area contributed by atoms with Crippen molar-refractivity contribution in [3.05, 3.63) is 88.4 Å². The molecule has 8 heteroatoms. The van der Waals surface area contributed by atoms with Crippen LogP contribution < -0.4 is 14.8 Å². The molecular formula is C27H21ClN2O4S. The number of benzene rings is 3. The normalized spacial score (nSPS) is 28.3. The molecule has 6 nitrogen and oxygen atoms in total. The van der Waals surface area contributed by atoms with Gasteiger partial charge in [-0.2, -0.15) is 0 Å². The Morgan fingerprint density at radius 2 is 1.91 bits per heavy atom. The zero-order chi connectivity index (χ0) is 23.7. The Labute approximate surface area is 211 Å². The third-order valence-electron chi connectivity index (χ3n) is 7.70. The fraction of sp³-hybridized carbons (Fsp3) is 0.259. The smallest absolute Gasteiger partial charge is 0.250 e. The molecule has 0 aliphatic carbocycles. The highest BCUT2D eigenvalue weighted by atomic mass is 35.5. The van der Waals surface area contributed by atoms with Crippen LogP contribution in [0.5, 0.6) is 11.5 Å². The summed E-state index contributed by atoms with van der Waals surface area (Å²) in [5.41, 5.74) is 2.01. The van der Waals surface area contributed by atoms with E-state index in [0.717, 1.165) is 22.6 Å². The summed E-state index contributed by atoms with van der Waals surface area (Å²) in [5, 5.41) is 3.71. The predicted octanol–water partition coefficient (Wildman–Crippen LogP) is 4.89. The van der Waals surface area contributed by atoms with Gasteiger partial charge in [0.25, 0.3) is 0 Å². The van der Waals surface area contributed by atoms with Crippen LogP contribution in [0.4, 0.5) is 5.69 Å². The molecule has 0 radical (unpaired) electrons. The van der Waals surface area contributed by atoms with Crippen molar-refractivity contribution in [1.82, 2.24) is 4.90 Å². The Bertz CT molecular complexity index is 1400. The van der Waals surface area contributed by atoms with Gasteiger partial charge in [-0.1, -0.05) is 41.9 Å². The van der Waals surface area contributed by atoms with Crippen LogP contribution in [0.25, 0.3) is 0 Å². The average molecular weight is 505 g/mol. The Hall–Kier alpha value is -3.00. The van der Waals surface area contributed by atoms with Crippen molar-refractivity contribution in [2.24, 2.45) is 5.92 Å². The number of thioether (sulfide) groups is 1. The number of fused-ring (bicyclic) bond motifs is 5. The van der Waals surface area contributed by atoms with Gasteiger partial charge in [0.2, 0.25) is 12.7 Å². The lowest BCUT2D eigenvalue weighted by molar-refractivity contribution is -0.127. The van der Waals surface area contributed by atoms with Crippen LogP contribution in [0.3, 0.4) is 0 Å². The molecule has 176 valence electrons. The van der Waals surface area contributed by atoms with Crippen LogP contribution in [0, 0.1) is 5.92 Å². The molecule has 2 saturated heterocycles. The first-order valence-electron chi connectivity index (χ1n) is 11.5. The van der Waals surface area contributed by atoms with E-state index in [1.807, 2.05) is 48.5 Å². The summed E-state index contributed by atoms with van der Waals surface area (Å²) in [7, 11) is 0. The molecule has 1 spiro atoms. The second-order valence-electron chi connectivity index (χ2n) is 9.29. The summed E-state index contributed by atoms with van der Waals surface area (Å²) in [5.74, 6) is 1.60. The lowest BCUT2D eigenvalue weighted by Crippen LogP contribution is -2.52. The molecule has 3 aromatic rings. The summed E-state index contributed by atoms with van der Waals surface area (Å²) in [4.78, 5) is 30.8. The van der Waals surface area contributed by atoms with Gasteiger partial charge in [-0.05, 0) is 42.0 Å². The van der Waals surface area contributed by atoms with Gasteiger partial charge in [-0.3, -0.25) is 14.5 Å². The monoisotopic (exact) mass is 504 g/mol. The van der Waals surface area contributed by atoms with E-state index in [1.165, 1.54) is 0 Å². The number of amides is 1. The number of ketones is 1. The predicted molar refractivity (Wildman–Crippen MR) is 134 cm³/mol. The van der Waals surface area contributed by atoms with Crippen LogP contribution >= 0.6 is 23.4 Å². The Balaban J connectivity index is 1.47. The topological polar surface area (TPSA) is 67.9 Å². The van der Waals surface area contributed by atoms with Gasteiger partial charge in [0.05, 0.1) is 5.92 Å². The lowest BCUT2D eigenvalue weighted by Gasteiger charge is -2.36. The van der Waals surface area contributed by atoms with Crippen molar-refractivity contribution < 1.29 is 19.1 Å². The van der Waals surface area contributed by atoms with Gasteiger partial charge in [-0.15, -0.1) is 11.8 Å². The molecule has 7 rings (SSSR count). The number of anilines is 1. The molecule has 3 aromatic carbocycles. The minimum atomic E-state index is -1.11. The Kier molecular flexibility index (Phi) is 4.72. The second kappa shape index (κ2) is 7.75. The summed E-state index contributed by atoms with van der Waals surface area (Å²) < 4.78 is 11.0. The SMILES string of the molecule is O=C(c1ccc2c(c1)OCO2)[C@@H]1[C@H](c2cccc(Cl)c2)[C@H]2CSCN2[C@@]12C(=O)Nc1ccccc12. The van der Waals surface area contributed by atoms with Gasteiger partial charge in [0.15, 0.2) is 17.3 Å². The third-order valence-corrected chi connectivity index (χ3v) is 8.97. The number of hydrogen-bond donors (Lipinski definition) is 1. The van der Waals surface area contributed by atoms with E-state index < -0.39 is 11.5 Å². The minimum Gasteiger partial charge on any atom is -0.454 e. The van der Waals surface area contributed by atoms with Crippen molar-refractivity contribution in [1.29, 1.82) is 0 Å². The second-order valence-corrected chi connectivity index (χ2v) is 10.7. The molecule has 4 aliphatic rings. The van der Waals surface area contributed by atoms with E-state index >= 15 is 0 Å². The van der Waals surface area contributed by atoms with Gasteiger partial charge >= 0.3 is 0 Å². The number of halogens is 1. The maximum Gasteiger partial charge on any atom is 0.250 e. The number of hydrogen-bond acceptors (Lipinski definition) is 6. The van der Waals surface area contributed by atoms with Gasteiger partial charge < -0.3 is 14.8 Å². The first kappa shape index (κ1) is 21.3. The summed E-state index contributed by atoms with van der Waals surface area (Å²) in [6, 6.07) is 20.7. The Morgan fingerprint density at radius 3 is 2.80 bits per heavy atom. The number of nitrogens with zero attached hydrogens (tertiary/aromatic N) is 1. The molecule has 0 saturated carbocycles. The molecule has 1 N–H and O–H groups in total. The molecular weight excluding hydrogens is 484 g/mol. The maximum absolute atomic E-state index is 14.5. The number of rotatable bonds is 3. The standard InChI is InChI=1S/C27H21ClN2O4S/c28-17-5-3-4-15(10-17)23-20-12-35-13-30(20)27(18-6-1-2-7-19(18)29-26(27)32)24(23)25(31)16-8-9-21-22(11-16)34-14-33-21/h1-11,20,23-24H,12-14H2,(H,29,32)/t20-,23-,24+,27-/m1/s1. The molecule has 4 atom stereocenters. The van der Waals surface area contributed by atoms with E-state index in [4.69, 9.17) is 21.1 Å². The molecule has 2 fully saturated rings. The number of carbonyl (C=O) groups excluding carboxylic acids is 2. The molecule has 4 aliphatic heterocycles. The fourth-order valence-electron chi connectivity index (χ4n) is 6.35. The van der Waals surface area contributed by atoms with Gasteiger partial charge in [0, 0.05) is 45.4 Å². The van der Waals surface area contributed by atoms with E-state index in [0.29, 0.717) is 28.0 Å².